The molecule has 0 bridgehead atoms. The van der Waals surface area contributed by atoms with Gasteiger partial charge in [-0.3, -0.25) is 0 Å². The Morgan fingerprint density at radius 2 is 1.95 bits per heavy atom. The molecule has 0 aliphatic rings. The minimum Gasteiger partial charge on any atom is -0.396 e. The molecule has 2 heterocycles. The lowest BCUT2D eigenvalue weighted by molar-refractivity contribution is -0.137. The van der Waals surface area contributed by atoms with Crippen molar-refractivity contribution in [1.82, 2.24) is 14.8 Å². The summed E-state index contributed by atoms with van der Waals surface area (Å²) >= 11 is 0. The lowest BCUT2D eigenvalue weighted by atomic mass is 10.1. The third-order valence-electron chi connectivity index (χ3n) is 2.63. The maximum absolute atomic E-state index is 12.4. The molecular weight excluding hydrogens is 257 g/mol. The minimum absolute atomic E-state index is 0.135. The summed E-state index contributed by atoms with van der Waals surface area (Å²) in [6, 6.07) is 2.23. The highest BCUT2D eigenvalue weighted by atomic mass is 19.4. The summed E-state index contributed by atoms with van der Waals surface area (Å²) in [6.45, 7) is 3.87. The Labute approximate surface area is 108 Å². The zero-order chi connectivity index (χ0) is 14.2. The van der Waals surface area contributed by atoms with Crippen LogP contribution in [0, 0.1) is 0 Å². The molecule has 2 aromatic heterocycles. The number of alkyl halides is 3. The molecule has 0 saturated heterocycles. The number of hydrogen-bond donors (Lipinski definition) is 1. The number of aromatic nitrogens is 3. The monoisotopic (exact) mass is 270 g/mol. The third kappa shape index (κ3) is 2.69. The second-order valence-electron chi connectivity index (χ2n) is 4.47. The average molecular weight is 270 g/mol. The predicted octanol–water partition coefficient (Wildman–Crippen LogP) is 2.99. The molecule has 19 heavy (non-hydrogen) atoms. The van der Waals surface area contributed by atoms with Gasteiger partial charge in [-0.15, -0.1) is 0 Å². The molecule has 2 aromatic rings. The maximum Gasteiger partial charge on any atom is 0.417 e. The fourth-order valence-corrected chi connectivity index (χ4v) is 1.66. The standard InChI is InChI=1S/C12H13F3N4/c1-7(2)11-9(16)6-19(18-11)10-4-3-8(5-17-10)12(13,14)15/h3-7H,16H2,1-2H3. The van der Waals surface area contributed by atoms with Gasteiger partial charge in [0.05, 0.1) is 23.1 Å². The van der Waals surface area contributed by atoms with Crippen LogP contribution in [0.3, 0.4) is 0 Å². The van der Waals surface area contributed by atoms with Gasteiger partial charge in [0.15, 0.2) is 5.82 Å². The van der Waals surface area contributed by atoms with Gasteiger partial charge in [0, 0.05) is 6.20 Å². The molecule has 0 unspecified atom stereocenters. The van der Waals surface area contributed by atoms with E-state index in [0.29, 0.717) is 17.2 Å². The van der Waals surface area contributed by atoms with Crippen LogP contribution in [0.15, 0.2) is 24.5 Å². The van der Waals surface area contributed by atoms with Crippen LogP contribution in [0.1, 0.15) is 31.0 Å². The number of nitrogen functional groups attached to an aromatic ring is 1. The number of halogens is 3. The van der Waals surface area contributed by atoms with E-state index in [1.165, 1.54) is 10.7 Å². The van der Waals surface area contributed by atoms with Crippen LogP contribution in [0.2, 0.25) is 0 Å². The van der Waals surface area contributed by atoms with Gasteiger partial charge in [0.25, 0.3) is 0 Å². The van der Waals surface area contributed by atoms with Gasteiger partial charge in [0.2, 0.25) is 0 Å². The van der Waals surface area contributed by atoms with Crippen LogP contribution in [-0.4, -0.2) is 14.8 Å². The largest absolute Gasteiger partial charge is 0.417 e. The molecule has 0 radical (unpaired) electrons. The molecule has 0 aliphatic heterocycles. The molecule has 0 amide bonds. The zero-order valence-corrected chi connectivity index (χ0v) is 10.4. The number of nitrogens with two attached hydrogens (primary N) is 1. The average Bonchev–Trinajstić information content (AvgIpc) is 2.70. The number of anilines is 1. The fourth-order valence-electron chi connectivity index (χ4n) is 1.66. The van der Waals surface area contributed by atoms with Gasteiger partial charge in [-0.2, -0.15) is 18.3 Å². The normalized spacial score (nSPS) is 12.1. The highest BCUT2D eigenvalue weighted by molar-refractivity contribution is 5.44. The first kappa shape index (κ1) is 13.4. The molecule has 4 nitrogen and oxygen atoms in total. The first-order valence-corrected chi connectivity index (χ1v) is 5.67. The molecule has 0 aromatic carbocycles. The zero-order valence-electron chi connectivity index (χ0n) is 10.4. The van der Waals surface area contributed by atoms with Crippen molar-refractivity contribution in [3.8, 4) is 5.82 Å². The minimum atomic E-state index is -4.39. The number of hydrogen-bond acceptors (Lipinski definition) is 3. The molecule has 7 heteroatoms. The SMILES string of the molecule is CC(C)c1nn(-c2ccc(C(F)(F)F)cn2)cc1N. The Morgan fingerprint density at radius 3 is 2.37 bits per heavy atom. The first-order chi connectivity index (χ1) is 8.79. The van der Waals surface area contributed by atoms with Crippen molar-refractivity contribution in [3.05, 3.63) is 35.8 Å². The first-order valence-electron chi connectivity index (χ1n) is 5.67. The molecule has 0 atom stereocenters. The van der Waals surface area contributed by atoms with Crippen LogP contribution in [-0.2, 0) is 6.18 Å². The van der Waals surface area contributed by atoms with Crippen molar-refractivity contribution in [2.45, 2.75) is 25.9 Å². The maximum atomic E-state index is 12.4. The summed E-state index contributed by atoms with van der Waals surface area (Å²) in [5.74, 6) is 0.433. The van der Waals surface area contributed by atoms with Crippen LogP contribution in [0.4, 0.5) is 18.9 Å². The van der Waals surface area contributed by atoms with Gasteiger partial charge in [0.1, 0.15) is 0 Å². The summed E-state index contributed by atoms with van der Waals surface area (Å²) in [4.78, 5) is 3.75. The molecule has 102 valence electrons. The summed E-state index contributed by atoms with van der Waals surface area (Å²) in [6.07, 6.45) is -2.06. The van der Waals surface area contributed by atoms with Crippen LogP contribution < -0.4 is 5.73 Å². The van der Waals surface area contributed by atoms with E-state index in [9.17, 15) is 13.2 Å². The van der Waals surface area contributed by atoms with Gasteiger partial charge < -0.3 is 5.73 Å². The molecule has 0 saturated carbocycles. The van der Waals surface area contributed by atoms with Gasteiger partial charge in [-0.05, 0) is 18.1 Å². The Bertz CT molecular complexity index is 570. The second-order valence-corrected chi connectivity index (χ2v) is 4.47. The van der Waals surface area contributed by atoms with Gasteiger partial charge in [-0.1, -0.05) is 13.8 Å². The van der Waals surface area contributed by atoms with E-state index in [1.54, 1.807) is 6.20 Å². The highest BCUT2D eigenvalue weighted by Gasteiger charge is 2.30. The van der Waals surface area contributed by atoms with Crippen molar-refractivity contribution in [2.24, 2.45) is 0 Å². The van der Waals surface area contributed by atoms with Crippen molar-refractivity contribution in [2.75, 3.05) is 5.73 Å². The molecule has 0 spiro atoms. The van der Waals surface area contributed by atoms with Crippen molar-refractivity contribution < 1.29 is 13.2 Å². The van der Waals surface area contributed by atoms with Crippen molar-refractivity contribution in [3.63, 3.8) is 0 Å². The second kappa shape index (κ2) is 4.56. The van der Waals surface area contributed by atoms with Gasteiger partial charge in [-0.25, -0.2) is 9.67 Å². The quantitative estimate of drug-likeness (QED) is 0.912. The number of nitrogens with zero attached hydrogens (tertiary/aromatic N) is 3. The topological polar surface area (TPSA) is 56.7 Å². The molecule has 0 aliphatic carbocycles. The van der Waals surface area contributed by atoms with E-state index < -0.39 is 11.7 Å². The van der Waals surface area contributed by atoms with Crippen LogP contribution >= 0.6 is 0 Å². The molecule has 2 N–H and O–H groups in total. The van der Waals surface area contributed by atoms with E-state index >= 15 is 0 Å². The van der Waals surface area contributed by atoms with E-state index in [2.05, 4.69) is 10.1 Å². The molecule has 2 rings (SSSR count). The predicted molar refractivity (Wildman–Crippen MR) is 64.9 cm³/mol. The van der Waals surface area contributed by atoms with Crippen molar-refractivity contribution >= 4 is 5.69 Å². The summed E-state index contributed by atoms with van der Waals surface area (Å²) < 4.78 is 38.6. The van der Waals surface area contributed by atoms with E-state index in [0.717, 1.165) is 12.3 Å². The smallest absolute Gasteiger partial charge is 0.396 e. The lowest BCUT2D eigenvalue weighted by Gasteiger charge is -2.06. The highest BCUT2D eigenvalue weighted by Crippen LogP contribution is 2.29. The molecular formula is C12H13F3N4. The van der Waals surface area contributed by atoms with Crippen LogP contribution in [0.5, 0.6) is 0 Å². The summed E-state index contributed by atoms with van der Waals surface area (Å²) in [5.41, 5.74) is 6.19. The lowest BCUT2D eigenvalue weighted by Crippen LogP contribution is -2.07. The Balaban J connectivity index is 2.35. The van der Waals surface area contributed by atoms with E-state index in [-0.39, 0.29) is 5.92 Å². The van der Waals surface area contributed by atoms with Gasteiger partial charge >= 0.3 is 6.18 Å². The Morgan fingerprint density at radius 1 is 1.26 bits per heavy atom. The summed E-state index contributed by atoms with van der Waals surface area (Å²) in [7, 11) is 0. The van der Waals surface area contributed by atoms with E-state index in [1.807, 2.05) is 13.8 Å². The summed E-state index contributed by atoms with van der Waals surface area (Å²) in [5, 5.41) is 4.22. The molecule has 0 fully saturated rings. The van der Waals surface area contributed by atoms with E-state index in [4.69, 9.17) is 5.73 Å². The Kier molecular flexibility index (Phi) is 3.21. The van der Waals surface area contributed by atoms with Crippen LogP contribution in [0.25, 0.3) is 5.82 Å². The number of rotatable bonds is 2. The Hall–Kier alpha value is -2.05. The number of pyridine rings is 1. The van der Waals surface area contributed by atoms with Crippen molar-refractivity contribution in [1.29, 1.82) is 0 Å². The third-order valence-corrected chi connectivity index (χ3v) is 2.63. The fraction of sp³-hybridized carbons (Fsp3) is 0.333.